The highest BCUT2D eigenvalue weighted by molar-refractivity contribution is 5.94. The van der Waals surface area contributed by atoms with E-state index in [4.69, 9.17) is 4.74 Å². The number of pyridine rings is 1. The molecule has 5 nitrogen and oxygen atoms in total. The number of benzene rings is 1. The smallest absolute Gasteiger partial charge is 0.255 e. The number of rotatable bonds is 5. The monoisotopic (exact) mass is 379 g/mol. The van der Waals surface area contributed by atoms with Gasteiger partial charge in [-0.2, -0.15) is 0 Å². The van der Waals surface area contributed by atoms with Crippen LogP contribution in [0, 0.1) is 5.92 Å². The Morgan fingerprint density at radius 2 is 1.93 bits per heavy atom. The standard InChI is InChI=1S/C23H29N3O2/c1-17(2)28-22-8-7-20(15-24-22)23(27)25-12-9-18(10-13-25)16-26-14-11-19-5-3-4-6-21(19)26/h3-8,15,17-18H,9-14,16H2,1-2H3. The molecule has 0 aliphatic carbocycles. The summed E-state index contributed by atoms with van der Waals surface area (Å²) >= 11 is 0. The normalized spacial score (nSPS) is 17.1. The Morgan fingerprint density at radius 3 is 2.64 bits per heavy atom. The second-order valence-corrected chi connectivity index (χ2v) is 8.11. The van der Waals surface area contributed by atoms with E-state index in [0.29, 0.717) is 17.4 Å². The minimum atomic E-state index is 0.0774. The number of hydrogen-bond donors (Lipinski definition) is 0. The summed E-state index contributed by atoms with van der Waals surface area (Å²) in [4.78, 5) is 21.5. The van der Waals surface area contributed by atoms with Gasteiger partial charge in [0.1, 0.15) is 0 Å². The first kappa shape index (κ1) is 18.8. The molecule has 0 spiro atoms. The third-order valence-corrected chi connectivity index (χ3v) is 5.70. The van der Waals surface area contributed by atoms with Crippen molar-refractivity contribution in [3.8, 4) is 5.88 Å². The first-order valence-electron chi connectivity index (χ1n) is 10.3. The lowest BCUT2D eigenvalue weighted by Gasteiger charge is -2.34. The van der Waals surface area contributed by atoms with Crippen LogP contribution in [0.15, 0.2) is 42.6 Å². The van der Waals surface area contributed by atoms with E-state index in [2.05, 4.69) is 34.1 Å². The molecule has 5 heteroatoms. The van der Waals surface area contributed by atoms with Crippen LogP contribution >= 0.6 is 0 Å². The maximum Gasteiger partial charge on any atom is 0.255 e. The number of anilines is 1. The van der Waals surface area contributed by atoms with E-state index in [1.54, 1.807) is 12.3 Å². The lowest BCUT2D eigenvalue weighted by molar-refractivity contribution is 0.0692. The summed E-state index contributed by atoms with van der Waals surface area (Å²) in [5, 5.41) is 0. The molecular weight excluding hydrogens is 350 g/mol. The number of likely N-dealkylation sites (tertiary alicyclic amines) is 1. The highest BCUT2D eigenvalue weighted by Crippen LogP contribution is 2.30. The van der Waals surface area contributed by atoms with Crippen LogP contribution in [-0.4, -0.2) is 48.1 Å². The topological polar surface area (TPSA) is 45.7 Å². The number of nitrogens with zero attached hydrogens (tertiary/aromatic N) is 3. The number of amides is 1. The number of hydrogen-bond acceptors (Lipinski definition) is 4. The van der Waals surface area contributed by atoms with Gasteiger partial charge < -0.3 is 14.5 Å². The number of ether oxygens (including phenoxy) is 1. The van der Waals surface area contributed by atoms with Crippen molar-refractivity contribution in [2.24, 2.45) is 5.92 Å². The van der Waals surface area contributed by atoms with Crippen LogP contribution in [-0.2, 0) is 6.42 Å². The highest BCUT2D eigenvalue weighted by Gasteiger charge is 2.27. The van der Waals surface area contributed by atoms with Gasteiger partial charge in [-0.25, -0.2) is 4.98 Å². The molecular formula is C23H29N3O2. The van der Waals surface area contributed by atoms with Crippen molar-refractivity contribution in [1.29, 1.82) is 0 Å². The number of fused-ring (bicyclic) bond motifs is 1. The minimum Gasteiger partial charge on any atom is -0.475 e. The third kappa shape index (κ3) is 4.13. The number of piperidine rings is 1. The second-order valence-electron chi connectivity index (χ2n) is 8.11. The van der Waals surface area contributed by atoms with Gasteiger partial charge in [-0.1, -0.05) is 18.2 Å². The Kier molecular flexibility index (Phi) is 5.51. The average Bonchev–Trinajstić information content (AvgIpc) is 3.11. The van der Waals surface area contributed by atoms with Crippen molar-refractivity contribution >= 4 is 11.6 Å². The Bertz CT molecular complexity index is 811. The van der Waals surface area contributed by atoms with Crippen molar-refractivity contribution in [1.82, 2.24) is 9.88 Å². The van der Waals surface area contributed by atoms with E-state index in [1.165, 1.54) is 11.3 Å². The predicted molar refractivity (Wildman–Crippen MR) is 111 cm³/mol. The van der Waals surface area contributed by atoms with Crippen molar-refractivity contribution < 1.29 is 9.53 Å². The molecule has 1 saturated heterocycles. The molecule has 2 aromatic rings. The quantitative estimate of drug-likeness (QED) is 0.793. The van der Waals surface area contributed by atoms with Crippen molar-refractivity contribution in [2.75, 3.05) is 31.1 Å². The van der Waals surface area contributed by atoms with E-state index < -0.39 is 0 Å². The molecule has 1 fully saturated rings. The van der Waals surface area contributed by atoms with Gasteiger partial charge in [0.25, 0.3) is 5.91 Å². The average molecular weight is 380 g/mol. The molecule has 0 unspecified atom stereocenters. The van der Waals surface area contributed by atoms with Crippen LogP contribution < -0.4 is 9.64 Å². The zero-order chi connectivity index (χ0) is 19.5. The first-order valence-corrected chi connectivity index (χ1v) is 10.3. The second kappa shape index (κ2) is 8.21. The van der Waals surface area contributed by atoms with E-state index in [-0.39, 0.29) is 12.0 Å². The molecule has 0 saturated carbocycles. The predicted octanol–water partition coefficient (Wildman–Crippen LogP) is 3.78. The van der Waals surface area contributed by atoms with Gasteiger partial charge in [0, 0.05) is 44.1 Å². The number of carbonyl (C=O) groups is 1. The summed E-state index contributed by atoms with van der Waals surface area (Å²) in [5.41, 5.74) is 3.51. The Morgan fingerprint density at radius 1 is 1.14 bits per heavy atom. The Balaban J connectivity index is 1.30. The Hall–Kier alpha value is -2.56. The molecule has 2 aliphatic heterocycles. The van der Waals surface area contributed by atoms with Crippen LogP contribution in [0.5, 0.6) is 5.88 Å². The van der Waals surface area contributed by atoms with E-state index in [0.717, 1.165) is 45.4 Å². The van der Waals surface area contributed by atoms with Gasteiger partial charge in [-0.3, -0.25) is 4.79 Å². The summed E-state index contributed by atoms with van der Waals surface area (Å²) in [5.74, 6) is 1.29. The van der Waals surface area contributed by atoms with Gasteiger partial charge in [-0.15, -0.1) is 0 Å². The molecule has 2 aliphatic rings. The van der Waals surface area contributed by atoms with Crippen molar-refractivity contribution in [2.45, 2.75) is 39.2 Å². The molecule has 1 amide bonds. The van der Waals surface area contributed by atoms with E-state index in [9.17, 15) is 4.79 Å². The van der Waals surface area contributed by atoms with E-state index >= 15 is 0 Å². The van der Waals surface area contributed by atoms with Crippen LogP contribution in [0.1, 0.15) is 42.6 Å². The molecule has 148 valence electrons. The number of para-hydroxylation sites is 1. The summed E-state index contributed by atoms with van der Waals surface area (Å²) in [6.07, 6.45) is 4.99. The lowest BCUT2D eigenvalue weighted by atomic mass is 9.95. The van der Waals surface area contributed by atoms with Crippen LogP contribution in [0.3, 0.4) is 0 Å². The van der Waals surface area contributed by atoms with Crippen molar-refractivity contribution in [3.63, 3.8) is 0 Å². The third-order valence-electron chi connectivity index (χ3n) is 5.70. The zero-order valence-corrected chi connectivity index (χ0v) is 16.8. The molecule has 0 N–H and O–H groups in total. The maximum atomic E-state index is 12.8. The molecule has 4 rings (SSSR count). The van der Waals surface area contributed by atoms with Crippen LogP contribution in [0.25, 0.3) is 0 Å². The maximum absolute atomic E-state index is 12.8. The van der Waals surface area contributed by atoms with E-state index in [1.807, 2.05) is 24.8 Å². The van der Waals surface area contributed by atoms with Crippen LogP contribution in [0.4, 0.5) is 5.69 Å². The number of carbonyl (C=O) groups excluding carboxylic acids is 1. The fraction of sp³-hybridized carbons (Fsp3) is 0.478. The van der Waals surface area contributed by atoms with Gasteiger partial charge in [0.05, 0.1) is 11.7 Å². The first-order chi connectivity index (χ1) is 13.6. The van der Waals surface area contributed by atoms with Gasteiger partial charge in [0.2, 0.25) is 5.88 Å². The molecule has 0 radical (unpaired) electrons. The molecule has 28 heavy (non-hydrogen) atoms. The number of aromatic nitrogens is 1. The Labute approximate surface area is 167 Å². The largest absolute Gasteiger partial charge is 0.475 e. The molecule has 1 aromatic carbocycles. The summed E-state index contributed by atoms with van der Waals surface area (Å²) < 4.78 is 5.56. The molecule has 0 bridgehead atoms. The van der Waals surface area contributed by atoms with Crippen molar-refractivity contribution in [3.05, 3.63) is 53.7 Å². The fourth-order valence-corrected chi connectivity index (χ4v) is 4.23. The van der Waals surface area contributed by atoms with Gasteiger partial charge >= 0.3 is 0 Å². The minimum absolute atomic E-state index is 0.0774. The van der Waals surface area contributed by atoms with Gasteiger partial charge in [-0.05, 0) is 56.7 Å². The van der Waals surface area contributed by atoms with Crippen LogP contribution in [0.2, 0.25) is 0 Å². The molecule has 3 heterocycles. The summed E-state index contributed by atoms with van der Waals surface area (Å²) in [6.45, 7) is 7.79. The summed E-state index contributed by atoms with van der Waals surface area (Å²) in [6, 6.07) is 12.3. The lowest BCUT2D eigenvalue weighted by Crippen LogP contribution is -2.41. The molecule has 1 aromatic heterocycles. The van der Waals surface area contributed by atoms with Gasteiger partial charge in [0.15, 0.2) is 0 Å². The highest BCUT2D eigenvalue weighted by atomic mass is 16.5. The summed E-state index contributed by atoms with van der Waals surface area (Å²) in [7, 11) is 0. The SMILES string of the molecule is CC(C)Oc1ccc(C(=O)N2CCC(CN3CCc4ccccc43)CC2)cn1. The molecule has 0 atom stereocenters. The zero-order valence-electron chi connectivity index (χ0n) is 16.8. The fourth-order valence-electron chi connectivity index (χ4n) is 4.23.